The Balaban J connectivity index is 1.60. The van der Waals surface area contributed by atoms with Crippen molar-refractivity contribution < 1.29 is 51.6 Å². The summed E-state index contributed by atoms with van der Waals surface area (Å²) in [7, 11) is -3.93. The van der Waals surface area contributed by atoms with Gasteiger partial charge in [0.05, 0.1) is 17.3 Å². The molecule has 3 saturated heterocycles. The summed E-state index contributed by atoms with van der Waals surface area (Å²) >= 11 is 0. The van der Waals surface area contributed by atoms with Gasteiger partial charge < -0.3 is 33.7 Å². The highest BCUT2D eigenvalue weighted by atomic mass is 32.2. The molecule has 13 heteroatoms. The second-order valence-electron chi connectivity index (χ2n) is 6.65. The van der Waals surface area contributed by atoms with Gasteiger partial charge in [0.15, 0.2) is 16.6 Å². The van der Waals surface area contributed by atoms with E-state index in [1.807, 2.05) is 0 Å². The quantitative estimate of drug-likeness (QED) is 0.314. The van der Waals surface area contributed by atoms with Gasteiger partial charge in [0.1, 0.15) is 18.0 Å². The normalized spacial score (nSPS) is 33.1. The van der Waals surface area contributed by atoms with E-state index in [4.69, 9.17) is 18.9 Å². The molecule has 0 spiro atoms. The van der Waals surface area contributed by atoms with Crippen LogP contribution < -0.4 is 0 Å². The number of aliphatic hydroxyl groups is 1. The second kappa shape index (κ2) is 6.89. The van der Waals surface area contributed by atoms with Gasteiger partial charge in [0.25, 0.3) is 0 Å². The number of carbonyl (C=O) groups is 3. The highest BCUT2D eigenvalue weighted by Crippen LogP contribution is 2.48. The molecule has 2 unspecified atom stereocenters. The molecule has 0 aromatic rings. The number of sulfone groups is 1. The second-order valence-corrected chi connectivity index (χ2v) is 9.28. The smallest absolute Gasteiger partial charge is 0.426 e. The van der Waals surface area contributed by atoms with Crippen LogP contribution in [0.3, 0.4) is 0 Å². The average molecular weight is 409 g/mol. The first-order valence-electron chi connectivity index (χ1n) is 7.98. The van der Waals surface area contributed by atoms with Crippen LogP contribution in [0, 0.1) is 5.92 Å². The number of rotatable bonds is 5. The molecular weight excluding hydrogens is 390 g/mol. The van der Waals surface area contributed by atoms with Gasteiger partial charge in [-0.15, -0.1) is 0 Å². The zero-order chi connectivity index (χ0) is 20.0. The van der Waals surface area contributed by atoms with Crippen molar-refractivity contribution >= 4 is 27.9 Å². The molecule has 3 fully saturated rings. The molecule has 1 N–H and O–H groups in total. The van der Waals surface area contributed by atoms with Crippen LogP contribution in [-0.4, -0.2) is 85.7 Å². The van der Waals surface area contributed by atoms with Gasteiger partial charge in [-0.05, 0) is 13.8 Å². The maximum atomic E-state index is 12.6. The predicted molar refractivity (Wildman–Crippen MR) is 82.2 cm³/mol. The summed E-state index contributed by atoms with van der Waals surface area (Å²) in [5.74, 6) is -2.81. The lowest BCUT2D eigenvalue weighted by Crippen LogP contribution is -2.64. The molecule has 0 saturated carbocycles. The minimum atomic E-state index is -3.93. The van der Waals surface area contributed by atoms with Crippen molar-refractivity contribution in [3.63, 3.8) is 0 Å². The first-order chi connectivity index (χ1) is 12.6. The topological polar surface area (TPSA) is 155 Å². The third kappa shape index (κ3) is 3.03. The van der Waals surface area contributed by atoms with Crippen molar-refractivity contribution in [3.8, 4) is 0 Å². The number of ether oxygens (including phenoxy) is 5. The maximum Gasteiger partial charge on any atom is 0.513 e. The highest BCUT2D eigenvalue weighted by molar-refractivity contribution is 7.93. The number of nitrogens with zero attached hydrogens (tertiary/aromatic N) is 1. The summed E-state index contributed by atoms with van der Waals surface area (Å²) in [5.41, 5.74) is 0. The molecule has 0 radical (unpaired) electrons. The fourth-order valence-corrected chi connectivity index (χ4v) is 5.60. The highest BCUT2D eigenvalue weighted by Gasteiger charge is 2.72. The first-order valence-corrected chi connectivity index (χ1v) is 9.53. The molecule has 3 rings (SSSR count). The summed E-state index contributed by atoms with van der Waals surface area (Å²) in [6.07, 6.45) is -2.10. The SMILES string of the molecule is CC1(C)[C@H](C(=O)OCOC(=O)OC2COCO2)N2C(=O)[C@@H](CO)C2S1(=O)=O. The Morgan fingerprint density at radius 3 is 2.63 bits per heavy atom. The third-order valence-corrected chi connectivity index (χ3v) is 7.68. The Labute approximate surface area is 154 Å². The van der Waals surface area contributed by atoms with Crippen LogP contribution in [-0.2, 0) is 43.1 Å². The Kier molecular flexibility index (Phi) is 5.05. The van der Waals surface area contributed by atoms with E-state index in [9.17, 15) is 27.9 Å². The number of carbonyl (C=O) groups excluding carboxylic acids is 3. The maximum absolute atomic E-state index is 12.6. The number of hydrogen-bond donors (Lipinski definition) is 1. The van der Waals surface area contributed by atoms with E-state index in [-0.39, 0.29) is 13.4 Å². The molecule has 12 nitrogen and oxygen atoms in total. The fourth-order valence-electron chi connectivity index (χ4n) is 3.30. The number of hydrogen-bond acceptors (Lipinski definition) is 11. The molecule has 0 bridgehead atoms. The summed E-state index contributed by atoms with van der Waals surface area (Å²) in [6.45, 7) is 1.11. The number of fused-ring (bicyclic) bond motifs is 1. The van der Waals surface area contributed by atoms with E-state index in [0.717, 1.165) is 4.90 Å². The van der Waals surface area contributed by atoms with Gasteiger partial charge in [0, 0.05) is 0 Å². The average Bonchev–Trinajstić information content (AvgIpc) is 3.12. The van der Waals surface area contributed by atoms with Gasteiger partial charge in [-0.1, -0.05) is 0 Å². The Morgan fingerprint density at radius 2 is 2.04 bits per heavy atom. The van der Waals surface area contributed by atoms with E-state index in [0.29, 0.717) is 0 Å². The lowest BCUT2D eigenvalue weighted by atomic mass is 9.92. The molecule has 0 aromatic heterocycles. The summed E-state index contributed by atoms with van der Waals surface area (Å²) in [6, 6.07) is -1.42. The molecule has 1 amide bonds. The van der Waals surface area contributed by atoms with Crippen molar-refractivity contribution in [1.82, 2.24) is 4.90 Å². The van der Waals surface area contributed by atoms with Gasteiger partial charge in [-0.2, -0.15) is 0 Å². The summed E-state index contributed by atoms with van der Waals surface area (Å²) < 4.78 is 47.4. The number of esters is 1. The monoisotopic (exact) mass is 409 g/mol. The fraction of sp³-hybridized carbons (Fsp3) is 0.786. The van der Waals surface area contributed by atoms with Crippen LogP contribution in [0.4, 0.5) is 4.79 Å². The lowest BCUT2D eigenvalue weighted by Gasteiger charge is -2.42. The Bertz CT molecular complexity index is 742. The van der Waals surface area contributed by atoms with Crippen molar-refractivity contribution in [1.29, 1.82) is 0 Å². The molecule has 0 aromatic carbocycles. The van der Waals surface area contributed by atoms with Gasteiger partial charge >= 0.3 is 12.1 Å². The van der Waals surface area contributed by atoms with Crippen LogP contribution in [0.2, 0.25) is 0 Å². The van der Waals surface area contributed by atoms with Crippen molar-refractivity contribution in [3.05, 3.63) is 0 Å². The van der Waals surface area contributed by atoms with Crippen LogP contribution in [0.25, 0.3) is 0 Å². The number of amides is 1. The Hall–Kier alpha value is -1.96. The number of aliphatic hydroxyl groups excluding tert-OH is 1. The van der Waals surface area contributed by atoms with Crippen LogP contribution in [0.1, 0.15) is 13.8 Å². The van der Waals surface area contributed by atoms with Crippen LogP contribution in [0.5, 0.6) is 0 Å². The summed E-state index contributed by atoms with van der Waals surface area (Å²) in [4.78, 5) is 36.8. The molecule has 0 aliphatic carbocycles. The van der Waals surface area contributed by atoms with Gasteiger partial charge in [-0.25, -0.2) is 18.0 Å². The predicted octanol–water partition coefficient (Wildman–Crippen LogP) is -1.68. The van der Waals surface area contributed by atoms with Crippen molar-refractivity contribution in [2.24, 2.45) is 5.92 Å². The van der Waals surface area contributed by atoms with Crippen LogP contribution >= 0.6 is 0 Å². The lowest BCUT2D eigenvalue weighted by molar-refractivity contribution is -0.174. The molecule has 4 atom stereocenters. The molecular formula is C14H19NO11S. The molecule has 3 aliphatic heterocycles. The molecule has 3 aliphatic rings. The van der Waals surface area contributed by atoms with E-state index in [2.05, 4.69) is 4.74 Å². The van der Waals surface area contributed by atoms with Crippen molar-refractivity contribution in [2.75, 3.05) is 26.8 Å². The zero-order valence-corrected chi connectivity index (χ0v) is 15.3. The van der Waals surface area contributed by atoms with E-state index in [1.165, 1.54) is 13.8 Å². The largest absolute Gasteiger partial charge is 0.513 e. The first kappa shape index (κ1) is 19.8. The van der Waals surface area contributed by atoms with Gasteiger partial charge in [-0.3, -0.25) is 4.79 Å². The molecule has 3 heterocycles. The van der Waals surface area contributed by atoms with Crippen LogP contribution in [0.15, 0.2) is 0 Å². The van der Waals surface area contributed by atoms with E-state index < -0.39 is 69.6 Å². The van der Waals surface area contributed by atoms with E-state index in [1.54, 1.807) is 0 Å². The minimum absolute atomic E-state index is 0.0297. The van der Waals surface area contributed by atoms with Crippen molar-refractivity contribution in [2.45, 2.75) is 36.3 Å². The zero-order valence-electron chi connectivity index (χ0n) is 14.5. The Morgan fingerprint density at radius 1 is 1.33 bits per heavy atom. The van der Waals surface area contributed by atoms with E-state index >= 15 is 0 Å². The third-order valence-electron chi connectivity index (χ3n) is 4.79. The standard InChI is InChI=1S/C14H19NO11S/c1-14(2)9(15-10(17)7(3-16)11(15)27(14,20)21)12(18)24-6-25-13(19)26-8-4-22-5-23-8/h7-9,11,16H,3-6H2,1-2H3/t7-,8?,9+,11?/m1/s1. The van der Waals surface area contributed by atoms with Gasteiger partial charge in [0.2, 0.25) is 19.0 Å². The number of β-lactam (4-membered cyclic amide) rings is 1. The molecule has 152 valence electrons. The minimum Gasteiger partial charge on any atom is -0.426 e. The summed E-state index contributed by atoms with van der Waals surface area (Å²) in [5, 5.41) is 7.95. The molecule has 27 heavy (non-hydrogen) atoms.